The molecule has 0 radical (unpaired) electrons. The third-order valence-electron chi connectivity index (χ3n) is 1.96. The Morgan fingerprint density at radius 1 is 1.26 bits per heavy atom. The van der Waals surface area contributed by atoms with Crippen LogP contribution in [0.3, 0.4) is 0 Å². The van der Waals surface area contributed by atoms with Crippen LogP contribution in [0.5, 0.6) is 0 Å². The van der Waals surface area contributed by atoms with Crippen molar-refractivity contribution in [3.05, 3.63) is 34.9 Å². The van der Waals surface area contributed by atoms with Crippen molar-refractivity contribution in [1.29, 1.82) is 0 Å². The summed E-state index contributed by atoms with van der Waals surface area (Å²) in [5.41, 5.74) is 4.13. The largest absolute Gasteiger partial charge is 0.473 e. The standard InChI is InChI=1S/C10H14ClNO.C2H2O4/c1-8(12-13-2)7-9-3-5-10(11)6-4-9;3-1(4)2(5)6/h3-6,8,12H,7H2,1-2H3;(H,3,4)(H,5,6). The van der Waals surface area contributed by atoms with E-state index in [9.17, 15) is 0 Å². The van der Waals surface area contributed by atoms with Crippen LogP contribution >= 0.6 is 11.6 Å². The van der Waals surface area contributed by atoms with Gasteiger partial charge in [-0.05, 0) is 31.0 Å². The van der Waals surface area contributed by atoms with Gasteiger partial charge in [0.15, 0.2) is 0 Å². The maximum atomic E-state index is 9.10. The molecule has 0 spiro atoms. The summed E-state index contributed by atoms with van der Waals surface area (Å²) in [6.45, 7) is 2.07. The molecule has 0 aliphatic carbocycles. The predicted octanol–water partition coefficient (Wildman–Crippen LogP) is 1.58. The van der Waals surface area contributed by atoms with Crippen LogP contribution in [0.25, 0.3) is 0 Å². The Balaban J connectivity index is 0.000000459. The third kappa shape index (κ3) is 9.01. The van der Waals surface area contributed by atoms with Gasteiger partial charge >= 0.3 is 11.9 Å². The topological polar surface area (TPSA) is 95.9 Å². The third-order valence-corrected chi connectivity index (χ3v) is 2.21. The number of nitrogens with one attached hydrogen (secondary N) is 1. The Kier molecular flexibility index (Phi) is 8.52. The molecule has 3 N–H and O–H groups in total. The fraction of sp³-hybridized carbons (Fsp3) is 0.333. The zero-order chi connectivity index (χ0) is 14.8. The molecule has 7 heteroatoms. The Hall–Kier alpha value is -1.63. The summed E-state index contributed by atoms with van der Waals surface area (Å²) in [4.78, 5) is 23.0. The minimum atomic E-state index is -1.82. The van der Waals surface area contributed by atoms with E-state index in [4.69, 9.17) is 36.2 Å². The van der Waals surface area contributed by atoms with Gasteiger partial charge in [-0.15, -0.1) is 0 Å². The normalized spacial score (nSPS) is 11.1. The van der Waals surface area contributed by atoms with Gasteiger partial charge in [0.05, 0.1) is 7.11 Å². The predicted molar refractivity (Wildman–Crippen MR) is 70.0 cm³/mol. The number of aliphatic carboxylic acids is 2. The first-order valence-electron chi connectivity index (χ1n) is 5.36. The number of hydroxylamine groups is 1. The fourth-order valence-electron chi connectivity index (χ4n) is 1.22. The molecule has 0 fully saturated rings. The molecule has 0 saturated heterocycles. The molecular formula is C12H16ClNO5. The molecule has 0 bridgehead atoms. The maximum Gasteiger partial charge on any atom is 0.414 e. The molecule has 0 saturated carbocycles. The number of benzene rings is 1. The van der Waals surface area contributed by atoms with Crippen LogP contribution in [-0.2, 0) is 20.8 Å². The van der Waals surface area contributed by atoms with Gasteiger partial charge < -0.3 is 15.1 Å². The zero-order valence-electron chi connectivity index (χ0n) is 10.6. The Bertz CT molecular complexity index is 395. The SMILES string of the molecule is CONC(C)Cc1ccc(Cl)cc1.O=C(O)C(=O)O. The zero-order valence-corrected chi connectivity index (χ0v) is 11.3. The summed E-state index contributed by atoms with van der Waals surface area (Å²) in [6, 6.07) is 8.16. The summed E-state index contributed by atoms with van der Waals surface area (Å²) in [6.07, 6.45) is 0.936. The number of hydrogen-bond donors (Lipinski definition) is 3. The highest BCUT2D eigenvalue weighted by molar-refractivity contribution is 6.30. The van der Waals surface area contributed by atoms with Gasteiger partial charge in [0.25, 0.3) is 0 Å². The van der Waals surface area contributed by atoms with Crippen LogP contribution in [0.15, 0.2) is 24.3 Å². The van der Waals surface area contributed by atoms with Crippen molar-refractivity contribution in [2.24, 2.45) is 0 Å². The molecule has 19 heavy (non-hydrogen) atoms. The van der Waals surface area contributed by atoms with Gasteiger partial charge in [-0.2, -0.15) is 5.48 Å². The molecule has 1 aromatic carbocycles. The second-order valence-electron chi connectivity index (χ2n) is 3.66. The number of carboxylic acid groups (broad SMARTS) is 2. The molecule has 1 aromatic rings. The van der Waals surface area contributed by atoms with Gasteiger partial charge in [-0.3, -0.25) is 0 Å². The van der Waals surface area contributed by atoms with E-state index in [1.165, 1.54) is 5.56 Å². The van der Waals surface area contributed by atoms with Crippen LogP contribution < -0.4 is 5.48 Å². The highest BCUT2D eigenvalue weighted by Crippen LogP contribution is 2.10. The van der Waals surface area contributed by atoms with Crippen molar-refractivity contribution in [2.45, 2.75) is 19.4 Å². The molecular weight excluding hydrogens is 274 g/mol. The minimum absolute atomic E-state index is 0.311. The van der Waals surface area contributed by atoms with Crippen molar-refractivity contribution in [1.82, 2.24) is 5.48 Å². The summed E-state index contributed by atoms with van der Waals surface area (Å²) in [7, 11) is 1.62. The first kappa shape index (κ1) is 17.4. The summed E-state index contributed by atoms with van der Waals surface area (Å²) >= 11 is 5.77. The molecule has 6 nitrogen and oxygen atoms in total. The smallest absolute Gasteiger partial charge is 0.414 e. The highest BCUT2D eigenvalue weighted by Gasteiger charge is 2.04. The van der Waals surface area contributed by atoms with Crippen molar-refractivity contribution >= 4 is 23.5 Å². The Morgan fingerprint density at radius 2 is 1.74 bits per heavy atom. The summed E-state index contributed by atoms with van der Waals surface area (Å²) in [5, 5.41) is 15.6. The Labute approximate surface area is 115 Å². The van der Waals surface area contributed by atoms with Gasteiger partial charge in [0.1, 0.15) is 0 Å². The molecule has 0 amide bonds. The van der Waals surface area contributed by atoms with Crippen molar-refractivity contribution in [2.75, 3.05) is 7.11 Å². The van der Waals surface area contributed by atoms with E-state index in [0.717, 1.165) is 11.4 Å². The highest BCUT2D eigenvalue weighted by atomic mass is 35.5. The lowest BCUT2D eigenvalue weighted by Crippen LogP contribution is -2.26. The van der Waals surface area contributed by atoms with Crippen LogP contribution in [-0.4, -0.2) is 35.3 Å². The van der Waals surface area contributed by atoms with E-state index >= 15 is 0 Å². The lowest BCUT2D eigenvalue weighted by molar-refractivity contribution is -0.159. The van der Waals surface area contributed by atoms with Crippen LogP contribution in [0.4, 0.5) is 0 Å². The Morgan fingerprint density at radius 3 is 2.11 bits per heavy atom. The monoisotopic (exact) mass is 289 g/mol. The second kappa shape index (κ2) is 9.32. The lowest BCUT2D eigenvalue weighted by atomic mass is 10.1. The van der Waals surface area contributed by atoms with Gasteiger partial charge in [-0.1, -0.05) is 23.7 Å². The number of carboxylic acids is 2. The first-order valence-corrected chi connectivity index (χ1v) is 5.73. The van der Waals surface area contributed by atoms with E-state index in [1.807, 2.05) is 24.3 Å². The van der Waals surface area contributed by atoms with Crippen molar-refractivity contribution < 1.29 is 24.6 Å². The molecule has 0 aliphatic heterocycles. The van der Waals surface area contributed by atoms with E-state index in [-0.39, 0.29) is 0 Å². The lowest BCUT2D eigenvalue weighted by Gasteiger charge is -2.11. The van der Waals surface area contributed by atoms with E-state index in [2.05, 4.69) is 12.4 Å². The average Bonchev–Trinajstić information content (AvgIpc) is 2.33. The molecule has 1 unspecified atom stereocenters. The average molecular weight is 290 g/mol. The molecule has 1 rings (SSSR count). The molecule has 106 valence electrons. The number of hydrogen-bond acceptors (Lipinski definition) is 4. The quantitative estimate of drug-likeness (QED) is 0.575. The van der Waals surface area contributed by atoms with Crippen LogP contribution in [0.1, 0.15) is 12.5 Å². The molecule has 0 aliphatic rings. The summed E-state index contributed by atoms with van der Waals surface area (Å²) < 4.78 is 0. The number of carbonyl (C=O) groups is 2. The number of rotatable bonds is 4. The van der Waals surface area contributed by atoms with Crippen LogP contribution in [0.2, 0.25) is 5.02 Å². The summed E-state index contributed by atoms with van der Waals surface area (Å²) in [5.74, 6) is -3.65. The molecule has 1 atom stereocenters. The van der Waals surface area contributed by atoms with Gasteiger partial charge in [0, 0.05) is 11.1 Å². The van der Waals surface area contributed by atoms with Gasteiger partial charge in [-0.25, -0.2) is 9.59 Å². The van der Waals surface area contributed by atoms with Crippen LogP contribution in [0, 0.1) is 0 Å². The second-order valence-corrected chi connectivity index (χ2v) is 4.10. The maximum absolute atomic E-state index is 9.10. The minimum Gasteiger partial charge on any atom is -0.473 e. The van der Waals surface area contributed by atoms with Crippen molar-refractivity contribution in [3.8, 4) is 0 Å². The molecule has 0 aromatic heterocycles. The van der Waals surface area contributed by atoms with Gasteiger partial charge in [0.2, 0.25) is 0 Å². The van der Waals surface area contributed by atoms with E-state index in [0.29, 0.717) is 6.04 Å². The fourth-order valence-corrected chi connectivity index (χ4v) is 1.34. The van der Waals surface area contributed by atoms with E-state index < -0.39 is 11.9 Å². The van der Waals surface area contributed by atoms with Crippen molar-refractivity contribution in [3.63, 3.8) is 0 Å². The van der Waals surface area contributed by atoms with E-state index in [1.54, 1.807) is 7.11 Å². The molecule has 0 heterocycles. The first-order chi connectivity index (χ1) is 8.86. The number of halogens is 1.